The molecule has 0 saturated carbocycles. The van der Waals surface area contributed by atoms with Crippen LogP contribution in [-0.4, -0.2) is 39.1 Å². The molecule has 0 saturated heterocycles. The number of nitrogens with zero attached hydrogens (tertiary/aromatic N) is 1. The molecule has 0 radical (unpaired) electrons. The minimum Gasteiger partial charge on any atom is -0.503 e. The van der Waals surface area contributed by atoms with Crippen molar-refractivity contribution < 1.29 is 19.8 Å². The molecule has 0 aromatic heterocycles. The number of aliphatic carboxylic acids is 1. The molecule has 1 aromatic carbocycles. The van der Waals surface area contributed by atoms with Crippen molar-refractivity contribution >= 4 is 17.4 Å². The zero-order valence-corrected chi connectivity index (χ0v) is 15.1. The zero-order chi connectivity index (χ0) is 18.6. The number of unbranched alkanes of at least 4 members (excludes halogenated alkanes) is 1. The molecule has 5 heteroatoms. The number of aliphatic hydroxyl groups excluding tert-OH is 1. The van der Waals surface area contributed by atoms with E-state index >= 15 is 0 Å². The van der Waals surface area contributed by atoms with Crippen LogP contribution < -0.4 is 0 Å². The van der Waals surface area contributed by atoms with Gasteiger partial charge in [0.15, 0.2) is 5.76 Å². The van der Waals surface area contributed by atoms with Crippen LogP contribution in [0.3, 0.4) is 0 Å². The number of carbonyl (C=O) groups excluding carboxylic acids is 1. The number of carbonyl (C=O) groups is 2. The monoisotopic (exact) mass is 345 g/mol. The van der Waals surface area contributed by atoms with Crippen LogP contribution in [-0.2, 0) is 9.59 Å². The first-order valence-corrected chi connectivity index (χ1v) is 8.92. The minimum absolute atomic E-state index is 0.255. The fraction of sp³-hybridized carbons (Fsp3) is 0.500. The smallest absolute Gasteiger partial charge is 0.326 e. The van der Waals surface area contributed by atoms with Gasteiger partial charge in [0, 0.05) is 5.57 Å². The summed E-state index contributed by atoms with van der Waals surface area (Å²) in [6, 6.07) is 7.91. The first kappa shape index (κ1) is 19.0. The highest BCUT2D eigenvalue weighted by Gasteiger charge is 2.45. The molecule has 2 unspecified atom stereocenters. The number of amides is 1. The summed E-state index contributed by atoms with van der Waals surface area (Å²) >= 11 is 0. The Morgan fingerprint density at radius 2 is 1.88 bits per heavy atom. The molecule has 2 N–H and O–H groups in total. The van der Waals surface area contributed by atoms with Gasteiger partial charge in [-0.25, -0.2) is 4.79 Å². The highest BCUT2D eigenvalue weighted by atomic mass is 16.4. The lowest BCUT2D eigenvalue weighted by atomic mass is 9.91. The second-order valence-corrected chi connectivity index (χ2v) is 6.98. The average Bonchev–Trinajstić information content (AvgIpc) is 2.80. The Hall–Kier alpha value is -2.30. The van der Waals surface area contributed by atoms with Crippen molar-refractivity contribution in [3.05, 3.63) is 41.7 Å². The fourth-order valence-electron chi connectivity index (χ4n) is 3.44. The summed E-state index contributed by atoms with van der Waals surface area (Å²) in [6.45, 7) is 6.05. The van der Waals surface area contributed by atoms with E-state index in [0.717, 1.165) is 18.4 Å². The van der Waals surface area contributed by atoms with Crippen LogP contribution in [0.15, 0.2) is 36.1 Å². The van der Waals surface area contributed by atoms with Crippen molar-refractivity contribution in [2.75, 3.05) is 0 Å². The summed E-state index contributed by atoms with van der Waals surface area (Å²) in [5.74, 6) is -1.66. The zero-order valence-electron chi connectivity index (χ0n) is 15.1. The molecule has 25 heavy (non-hydrogen) atoms. The van der Waals surface area contributed by atoms with Gasteiger partial charge < -0.3 is 15.1 Å². The van der Waals surface area contributed by atoms with Gasteiger partial charge in [0.05, 0.1) is 6.04 Å². The topological polar surface area (TPSA) is 77.8 Å². The summed E-state index contributed by atoms with van der Waals surface area (Å²) in [5.41, 5.74) is 1.31. The van der Waals surface area contributed by atoms with Gasteiger partial charge >= 0.3 is 5.97 Å². The largest absolute Gasteiger partial charge is 0.503 e. The van der Waals surface area contributed by atoms with E-state index in [1.54, 1.807) is 0 Å². The molecule has 0 bridgehead atoms. The fourth-order valence-corrected chi connectivity index (χ4v) is 3.44. The second-order valence-electron chi connectivity index (χ2n) is 6.98. The van der Waals surface area contributed by atoms with Crippen LogP contribution in [0.5, 0.6) is 0 Å². The van der Waals surface area contributed by atoms with Crippen molar-refractivity contribution in [1.82, 2.24) is 4.90 Å². The molecule has 1 amide bonds. The van der Waals surface area contributed by atoms with E-state index in [2.05, 4.69) is 0 Å². The van der Waals surface area contributed by atoms with Crippen LogP contribution in [0, 0.1) is 5.92 Å². The molecule has 0 fully saturated rings. The van der Waals surface area contributed by atoms with Crippen molar-refractivity contribution in [2.24, 2.45) is 5.92 Å². The summed E-state index contributed by atoms with van der Waals surface area (Å²) < 4.78 is 0. The average molecular weight is 345 g/mol. The minimum atomic E-state index is -1.02. The predicted octanol–water partition coefficient (Wildman–Crippen LogP) is 3.86. The summed E-state index contributed by atoms with van der Waals surface area (Å²) in [6.07, 6.45) is 2.57. The van der Waals surface area contributed by atoms with Gasteiger partial charge in [0.25, 0.3) is 5.91 Å². The lowest BCUT2D eigenvalue weighted by Crippen LogP contribution is -2.48. The Morgan fingerprint density at radius 3 is 2.40 bits per heavy atom. The van der Waals surface area contributed by atoms with E-state index in [9.17, 15) is 19.8 Å². The van der Waals surface area contributed by atoms with Crippen LogP contribution >= 0.6 is 0 Å². The highest BCUT2D eigenvalue weighted by Crippen LogP contribution is 2.38. The van der Waals surface area contributed by atoms with Crippen LogP contribution in [0.25, 0.3) is 5.57 Å². The van der Waals surface area contributed by atoms with Gasteiger partial charge in [-0.05, 0) is 24.3 Å². The van der Waals surface area contributed by atoms with Crippen LogP contribution in [0.4, 0.5) is 0 Å². The van der Waals surface area contributed by atoms with Crippen LogP contribution in [0.1, 0.15) is 52.0 Å². The number of carboxylic acids is 1. The summed E-state index contributed by atoms with van der Waals surface area (Å²) in [7, 11) is 0. The quantitative estimate of drug-likeness (QED) is 0.750. The van der Waals surface area contributed by atoms with Crippen LogP contribution in [0.2, 0.25) is 0 Å². The maximum absolute atomic E-state index is 12.7. The summed E-state index contributed by atoms with van der Waals surface area (Å²) in [4.78, 5) is 26.0. The standard InChI is InChI=1S/C20H27NO4/c1-4-5-11-15(20(24)25)21-16(12-13(2)3)17(18(22)19(21)23)14-9-7-6-8-10-14/h6-10,13,15-16,22H,4-5,11-12H2,1-3H3,(H,24,25). The summed E-state index contributed by atoms with van der Waals surface area (Å²) in [5, 5.41) is 20.2. The number of rotatable bonds is 8. The number of hydrogen-bond acceptors (Lipinski definition) is 3. The molecule has 136 valence electrons. The number of hydrogen-bond donors (Lipinski definition) is 2. The van der Waals surface area contributed by atoms with Gasteiger partial charge in [-0.2, -0.15) is 0 Å². The maximum Gasteiger partial charge on any atom is 0.326 e. The Morgan fingerprint density at radius 1 is 1.24 bits per heavy atom. The Balaban J connectivity index is 2.47. The van der Waals surface area contributed by atoms with Gasteiger partial charge in [-0.15, -0.1) is 0 Å². The van der Waals surface area contributed by atoms with Crippen molar-refractivity contribution in [1.29, 1.82) is 0 Å². The third-order valence-corrected chi connectivity index (χ3v) is 4.59. The van der Waals surface area contributed by atoms with E-state index < -0.39 is 24.0 Å². The lowest BCUT2D eigenvalue weighted by Gasteiger charge is -2.33. The number of carboxylic acid groups (broad SMARTS) is 1. The molecule has 1 aliphatic heterocycles. The molecular weight excluding hydrogens is 318 g/mol. The first-order valence-electron chi connectivity index (χ1n) is 8.92. The van der Waals surface area contributed by atoms with Crippen molar-refractivity contribution in [3.63, 3.8) is 0 Å². The Labute approximate surface area is 149 Å². The molecule has 1 aromatic rings. The first-order chi connectivity index (χ1) is 11.9. The molecule has 2 atom stereocenters. The Kier molecular flexibility index (Phi) is 6.23. The van der Waals surface area contributed by atoms with Gasteiger partial charge in [0.2, 0.25) is 0 Å². The van der Waals surface area contributed by atoms with E-state index in [0.29, 0.717) is 18.4 Å². The van der Waals surface area contributed by atoms with E-state index in [1.165, 1.54) is 4.90 Å². The van der Waals surface area contributed by atoms with Gasteiger partial charge in [-0.1, -0.05) is 63.9 Å². The van der Waals surface area contributed by atoms with Gasteiger partial charge in [0.1, 0.15) is 6.04 Å². The van der Waals surface area contributed by atoms with E-state index in [4.69, 9.17) is 0 Å². The van der Waals surface area contributed by atoms with E-state index in [-0.39, 0.29) is 11.7 Å². The maximum atomic E-state index is 12.7. The lowest BCUT2D eigenvalue weighted by molar-refractivity contribution is -0.150. The molecule has 1 heterocycles. The second kappa shape index (κ2) is 8.19. The number of aliphatic hydroxyl groups is 1. The predicted molar refractivity (Wildman–Crippen MR) is 97.0 cm³/mol. The third-order valence-electron chi connectivity index (χ3n) is 4.59. The molecular formula is C20H27NO4. The van der Waals surface area contributed by atoms with E-state index in [1.807, 2.05) is 51.1 Å². The number of benzene rings is 1. The Bertz CT molecular complexity index is 651. The molecule has 0 aliphatic carbocycles. The van der Waals surface area contributed by atoms with Crippen molar-refractivity contribution in [2.45, 2.75) is 58.5 Å². The SMILES string of the molecule is CCCCC(C(=O)O)N1C(=O)C(O)=C(c2ccccc2)C1CC(C)C. The van der Waals surface area contributed by atoms with Gasteiger partial charge in [-0.3, -0.25) is 4.79 Å². The highest BCUT2D eigenvalue weighted by molar-refractivity contribution is 6.06. The molecule has 2 rings (SSSR count). The molecule has 1 aliphatic rings. The molecule has 0 spiro atoms. The third kappa shape index (κ3) is 4.03. The molecule has 5 nitrogen and oxygen atoms in total. The normalized spacial score (nSPS) is 19.0. The van der Waals surface area contributed by atoms with Crippen molar-refractivity contribution in [3.8, 4) is 0 Å².